The molecule has 20 heavy (non-hydrogen) atoms. The van der Waals surface area contributed by atoms with Crippen LogP contribution in [0.15, 0.2) is 60.7 Å². The predicted octanol–water partition coefficient (Wildman–Crippen LogP) is 1.65. The molecule has 0 fully saturated rings. The van der Waals surface area contributed by atoms with E-state index in [-0.39, 0.29) is 12.3 Å². The van der Waals surface area contributed by atoms with Crippen molar-refractivity contribution in [3.63, 3.8) is 0 Å². The van der Waals surface area contributed by atoms with Crippen molar-refractivity contribution in [2.24, 2.45) is 5.84 Å². The molecule has 0 aliphatic carbocycles. The molecular formula is C15H18N2O2S. The summed E-state index contributed by atoms with van der Waals surface area (Å²) < 4.78 is 25.2. The summed E-state index contributed by atoms with van der Waals surface area (Å²) in [6.07, 6.45) is 0. The molecule has 0 aliphatic heterocycles. The van der Waals surface area contributed by atoms with Crippen molar-refractivity contribution in [2.75, 3.05) is 12.3 Å². The highest BCUT2D eigenvalue weighted by atomic mass is 32.2. The van der Waals surface area contributed by atoms with Gasteiger partial charge in [-0.3, -0.25) is 11.3 Å². The fourth-order valence-corrected chi connectivity index (χ4v) is 3.96. The summed E-state index contributed by atoms with van der Waals surface area (Å²) in [6.45, 7) is 0.235. The molecule has 0 aliphatic rings. The predicted molar refractivity (Wildman–Crippen MR) is 80.7 cm³/mol. The summed E-state index contributed by atoms with van der Waals surface area (Å²) in [5.74, 6) is 5.20. The molecule has 0 saturated heterocycles. The van der Waals surface area contributed by atoms with Gasteiger partial charge in [0.1, 0.15) is 5.25 Å². The lowest BCUT2D eigenvalue weighted by atomic mass is 10.0. The maximum atomic E-state index is 12.6. The van der Waals surface area contributed by atoms with E-state index in [0.29, 0.717) is 0 Å². The molecule has 3 N–H and O–H groups in total. The zero-order valence-corrected chi connectivity index (χ0v) is 11.9. The van der Waals surface area contributed by atoms with Crippen LogP contribution in [0.5, 0.6) is 0 Å². The SMILES string of the molecule is NNCCS(=O)(=O)C(c1ccccc1)c1ccccc1. The van der Waals surface area contributed by atoms with Crippen LogP contribution in [0, 0.1) is 0 Å². The number of nitrogens with two attached hydrogens (primary N) is 1. The van der Waals surface area contributed by atoms with E-state index in [1.165, 1.54) is 0 Å². The third-order valence-corrected chi connectivity index (χ3v) is 5.13. The van der Waals surface area contributed by atoms with Crippen LogP contribution in [0.3, 0.4) is 0 Å². The summed E-state index contributed by atoms with van der Waals surface area (Å²) >= 11 is 0. The van der Waals surface area contributed by atoms with Gasteiger partial charge in [-0.2, -0.15) is 0 Å². The Morgan fingerprint density at radius 1 is 0.900 bits per heavy atom. The third-order valence-electron chi connectivity index (χ3n) is 3.09. The van der Waals surface area contributed by atoms with Crippen LogP contribution in [-0.4, -0.2) is 20.7 Å². The minimum absolute atomic E-state index is 0.00203. The zero-order chi connectivity index (χ0) is 14.4. The van der Waals surface area contributed by atoms with E-state index in [1.54, 1.807) is 0 Å². The van der Waals surface area contributed by atoms with Crippen molar-refractivity contribution in [1.29, 1.82) is 0 Å². The quantitative estimate of drug-likeness (QED) is 0.627. The Labute approximate surface area is 119 Å². The first-order chi connectivity index (χ1) is 9.65. The average Bonchev–Trinajstić information content (AvgIpc) is 2.47. The van der Waals surface area contributed by atoms with E-state index in [0.717, 1.165) is 11.1 Å². The highest BCUT2D eigenvalue weighted by Gasteiger charge is 2.28. The van der Waals surface area contributed by atoms with Gasteiger partial charge in [0.2, 0.25) is 0 Å². The van der Waals surface area contributed by atoms with Gasteiger partial charge < -0.3 is 0 Å². The van der Waals surface area contributed by atoms with Crippen LogP contribution in [0.1, 0.15) is 16.4 Å². The van der Waals surface area contributed by atoms with E-state index in [1.807, 2.05) is 60.7 Å². The molecule has 0 aromatic heterocycles. The Kier molecular flexibility index (Phi) is 4.89. The van der Waals surface area contributed by atoms with E-state index >= 15 is 0 Å². The van der Waals surface area contributed by atoms with Gasteiger partial charge in [-0.05, 0) is 11.1 Å². The Morgan fingerprint density at radius 2 is 1.35 bits per heavy atom. The minimum atomic E-state index is -3.33. The normalized spacial score (nSPS) is 11.7. The van der Waals surface area contributed by atoms with Crippen LogP contribution in [0.2, 0.25) is 0 Å². The van der Waals surface area contributed by atoms with Gasteiger partial charge in [-0.25, -0.2) is 8.42 Å². The minimum Gasteiger partial charge on any atom is -0.271 e. The molecule has 0 heterocycles. The summed E-state index contributed by atoms with van der Waals surface area (Å²) in [6, 6.07) is 18.5. The number of rotatable bonds is 6. The van der Waals surface area contributed by atoms with E-state index in [2.05, 4.69) is 5.43 Å². The van der Waals surface area contributed by atoms with Crippen molar-refractivity contribution in [1.82, 2.24) is 5.43 Å². The lowest BCUT2D eigenvalue weighted by Gasteiger charge is -2.18. The Hall–Kier alpha value is -1.69. The molecule has 106 valence electrons. The zero-order valence-electron chi connectivity index (χ0n) is 11.1. The highest BCUT2D eigenvalue weighted by molar-refractivity contribution is 7.91. The highest BCUT2D eigenvalue weighted by Crippen LogP contribution is 2.30. The van der Waals surface area contributed by atoms with Gasteiger partial charge in [0.25, 0.3) is 0 Å². The molecule has 5 heteroatoms. The molecule has 0 spiro atoms. The van der Waals surface area contributed by atoms with Gasteiger partial charge in [-0.15, -0.1) is 0 Å². The average molecular weight is 290 g/mol. The lowest BCUT2D eigenvalue weighted by Crippen LogP contribution is -2.30. The first kappa shape index (κ1) is 14.7. The Balaban J connectivity index is 2.46. The number of hydrazine groups is 1. The number of benzene rings is 2. The van der Waals surface area contributed by atoms with Crippen molar-refractivity contribution in [3.05, 3.63) is 71.8 Å². The second kappa shape index (κ2) is 6.65. The fraction of sp³-hybridized carbons (Fsp3) is 0.200. The molecule has 0 unspecified atom stereocenters. The first-order valence-electron chi connectivity index (χ1n) is 6.40. The van der Waals surface area contributed by atoms with E-state index < -0.39 is 15.1 Å². The van der Waals surface area contributed by atoms with Crippen molar-refractivity contribution >= 4 is 9.84 Å². The van der Waals surface area contributed by atoms with E-state index in [4.69, 9.17) is 5.84 Å². The number of hydrogen-bond donors (Lipinski definition) is 2. The largest absolute Gasteiger partial charge is 0.271 e. The number of hydrogen-bond acceptors (Lipinski definition) is 4. The monoisotopic (exact) mass is 290 g/mol. The maximum absolute atomic E-state index is 12.6. The summed E-state index contributed by atoms with van der Waals surface area (Å²) in [4.78, 5) is 0. The van der Waals surface area contributed by atoms with Gasteiger partial charge >= 0.3 is 0 Å². The third kappa shape index (κ3) is 3.45. The molecule has 4 nitrogen and oxygen atoms in total. The van der Waals surface area contributed by atoms with Crippen molar-refractivity contribution in [3.8, 4) is 0 Å². The Morgan fingerprint density at radius 3 is 1.75 bits per heavy atom. The standard InChI is InChI=1S/C15H18N2O2S/c16-17-11-12-20(18,19)15(13-7-3-1-4-8-13)14-9-5-2-6-10-14/h1-10,15,17H,11-12,16H2. The van der Waals surface area contributed by atoms with Crippen LogP contribution in [-0.2, 0) is 9.84 Å². The van der Waals surface area contributed by atoms with Gasteiger partial charge in [0.15, 0.2) is 9.84 Å². The molecule has 2 rings (SSSR count). The number of sulfone groups is 1. The van der Waals surface area contributed by atoms with Gasteiger partial charge in [0, 0.05) is 6.54 Å². The summed E-state index contributed by atoms with van der Waals surface area (Å²) in [5, 5.41) is -0.654. The maximum Gasteiger partial charge on any atom is 0.162 e. The number of nitrogens with one attached hydrogen (secondary N) is 1. The molecule has 0 atom stereocenters. The fourth-order valence-electron chi connectivity index (χ4n) is 2.18. The summed E-state index contributed by atoms with van der Waals surface area (Å²) in [5.41, 5.74) is 3.95. The second-order valence-corrected chi connectivity index (χ2v) is 6.73. The van der Waals surface area contributed by atoms with Gasteiger partial charge in [0.05, 0.1) is 5.75 Å². The Bertz CT molecular complexity index is 588. The van der Waals surface area contributed by atoms with Crippen LogP contribution >= 0.6 is 0 Å². The second-order valence-electron chi connectivity index (χ2n) is 4.52. The van der Waals surface area contributed by atoms with E-state index in [9.17, 15) is 8.42 Å². The van der Waals surface area contributed by atoms with Crippen LogP contribution in [0.25, 0.3) is 0 Å². The van der Waals surface area contributed by atoms with Crippen LogP contribution < -0.4 is 11.3 Å². The molecule has 0 saturated carbocycles. The smallest absolute Gasteiger partial charge is 0.162 e. The molecule has 0 radical (unpaired) electrons. The first-order valence-corrected chi connectivity index (χ1v) is 8.11. The van der Waals surface area contributed by atoms with Crippen molar-refractivity contribution in [2.45, 2.75) is 5.25 Å². The van der Waals surface area contributed by atoms with Crippen molar-refractivity contribution < 1.29 is 8.42 Å². The lowest BCUT2D eigenvalue weighted by molar-refractivity contribution is 0.585. The molecule has 2 aromatic rings. The molecule has 2 aromatic carbocycles. The molecule has 0 bridgehead atoms. The molecule has 0 amide bonds. The topological polar surface area (TPSA) is 72.2 Å². The molecular weight excluding hydrogens is 272 g/mol. The summed E-state index contributed by atoms with van der Waals surface area (Å²) in [7, 11) is -3.33. The van der Waals surface area contributed by atoms with Crippen LogP contribution in [0.4, 0.5) is 0 Å². The van der Waals surface area contributed by atoms with Gasteiger partial charge in [-0.1, -0.05) is 60.7 Å².